The molecular weight excluding hydrogens is 293 g/mol. The van der Waals surface area contributed by atoms with Crippen LogP contribution in [0.4, 0.5) is 4.39 Å². The molecule has 114 valence electrons. The zero-order chi connectivity index (χ0) is 15.4. The van der Waals surface area contributed by atoms with Crippen molar-refractivity contribution in [2.75, 3.05) is 0 Å². The maximum Gasteiger partial charge on any atom is 0.142 e. The number of nitrogens with two attached hydrogens (primary N) is 1. The van der Waals surface area contributed by atoms with Crippen molar-refractivity contribution in [3.05, 3.63) is 46.8 Å². The molecule has 0 bridgehead atoms. The second kappa shape index (κ2) is 6.98. The normalized spacial score (nSPS) is 12.9. The van der Waals surface area contributed by atoms with Crippen LogP contribution in [-0.4, -0.2) is 14.8 Å². The Morgan fingerprint density at radius 1 is 1.43 bits per heavy atom. The summed E-state index contributed by atoms with van der Waals surface area (Å²) in [4.78, 5) is 4.25. The van der Waals surface area contributed by atoms with Gasteiger partial charge in [0.2, 0.25) is 0 Å². The van der Waals surface area contributed by atoms with E-state index in [1.165, 1.54) is 12.4 Å². The summed E-state index contributed by atoms with van der Waals surface area (Å²) in [6.45, 7) is 4.98. The van der Waals surface area contributed by atoms with Crippen LogP contribution in [0.5, 0.6) is 0 Å². The second-order valence-corrected chi connectivity index (χ2v) is 5.70. The van der Waals surface area contributed by atoms with Crippen LogP contribution in [0.1, 0.15) is 31.3 Å². The van der Waals surface area contributed by atoms with Crippen LogP contribution in [0, 0.1) is 11.7 Å². The van der Waals surface area contributed by atoms with Gasteiger partial charge < -0.3 is 0 Å². The standard InChI is InChI=1S/C14H19ClFN5/c1-9(2)7-21-13(18-8-19-21)6-12(20-17)10-4-3-5-11(16)14(10)15/h3-5,8-9,12,20H,6-7,17H2,1-2H3. The first-order chi connectivity index (χ1) is 10.0. The molecule has 0 aliphatic heterocycles. The quantitative estimate of drug-likeness (QED) is 0.635. The van der Waals surface area contributed by atoms with Gasteiger partial charge in [0, 0.05) is 13.0 Å². The number of aromatic nitrogens is 3. The summed E-state index contributed by atoms with van der Waals surface area (Å²) >= 11 is 6.02. The number of rotatable bonds is 6. The molecule has 0 fully saturated rings. The van der Waals surface area contributed by atoms with Crippen LogP contribution < -0.4 is 11.3 Å². The van der Waals surface area contributed by atoms with Crippen LogP contribution >= 0.6 is 11.6 Å². The Hall–Kier alpha value is -1.50. The molecule has 0 amide bonds. The van der Waals surface area contributed by atoms with Gasteiger partial charge in [0.1, 0.15) is 18.0 Å². The third-order valence-electron chi connectivity index (χ3n) is 3.18. The molecule has 1 aromatic carbocycles. The van der Waals surface area contributed by atoms with Gasteiger partial charge in [-0.2, -0.15) is 5.10 Å². The molecule has 0 radical (unpaired) electrons. The highest BCUT2D eigenvalue weighted by Gasteiger charge is 2.19. The Kier molecular flexibility index (Phi) is 5.27. The van der Waals surface area contributed by atoms with E-state index in [9.17, 15) is 4.39 Å². The molecule has 1 atom stereocenters. The van der Waals surface area contributed by atoms with Crippen molar-refractivity contribution in [2.24, 2.45) is 11.8 Å². The number of halogens is 2. The lowest BCUT2D eigenvalue weighted by atomic mass is 10.0. The van der Waals surface area contributed by atoms with Gasteiger partial charge >= 0.3 is 0 Å². The van der Waals surface area contributed by atoms with Gasteiger partial charge in [-0.15, -0.1) is 0 Å². The van der Waals surface area contributed by atoms with Crippen LogP contribution in [-0.2, 0) is 13.0 Å². The zero-order valence-corrected chi connectivity index (χ0v) is 12.8. The fourth-order valence-electron chi connectivity index (χ4n) is 2.18. The van der Waals surface area contributed by atoms with Crippen molar-refractivity contribution in [3.8, 4) is 0 Å². The van der Waals surface area contributed by atoms with Gasteiger partial charge in [0.25, 0.3) is 0 Å². The van der Waals surface area contributed by atoms with E-state index >= 15 is 0 Å². The smallest absolute Gasteiger partial charge is 0.142 e. The third kappa shape index (κ3) is 3.78. The molecule has 2 rings (SSSR count). The minimum atomic E-state index is -0.460. The van der Waals surface area contributed by atoms with E-state index in [0.29, 0.717) is 17.9 Å². The minimum Gasteiger partial charge on any atom is -0.271 e. The number of hydrogen-bond acceptors (Lipinski definition) is 4. The molecule has 1 aromatic heterocycles. The predicted molar refractivity (Wildman–Crippen MR) is 80.0 cm³/mol. The van der Waals surface area contributed by atoms with Crippen molar-refractivity contribution in [3.63, 3.8) is 0 Å². The average Bonchev–Trinajstić information content (AvgIpc) is 2.86. The van der Waals surface area contributed by atoms with E-state index < -0.39 is 5.82 Å². The summed E-state index contributed by atoms with van der Waals surface area (Å²) in [6, 6.07) is 4.35. The maximum absolute atomic E-state index is 13.6. The number of benzene rings is 1. The van der Waals surface area contributed by atoms with Gasteiger partial charge in [0.05, 0.1) is 11.1 Å². The number of nitrogens with one attached hydrogen (secondary N) is 1. The van der Waals surface area contributed by atoms with Crippen LogP contribution in [0.2, 0.25) is 5.02 Å². The Bertz CT molecular complexity index is 599. The topological polar surface area (TPSA) is 68.8 Å². The fourth-order valence-corrected chi connectivity index (χ4v) is 2.43. The lowest BCUT2D eigenvalue weighted by Gasteiger charge is -2.18. The maximum atomic E-state index is 13.6. The van der Waals surface area contributed by atoms with E-state index in [0.717, 1.165) is 12.4 Å². The lowest BCUT2D eigenvalue weighted by Crippen LogP contribution is -2.31. The van der Waals surface area contributed by atoms with E-state index in [1.54, 1.807) is 12.1 Å². The van der Waals surface area contributed by atoms with Gasteiger partial charge in [-0.25, -0.2) is 14.1 Å². The molecule has 0 saturated carbocycles. The van der Waals surface area contributed by atoms with E-state index in [1.807, 2.05) is 4.68 Å². The second-order valence-electron chi connectivity index (χ2n) is 5.32. The van der Waals surface area contributed by atoms with Crippen molar-refractivity contribution in [1.29, 1.82) is 0 Å². The van der Waals surface area contributed by atoms with Crippen LogP contribution in [0.25, 0.3) is 0 Å². The molecule has 0 aliphatic carbocycles. The highest BCUT2D eigenvalue weighted by atomic mass is 35.5. The Labute approximate surface area is 128 Å². The van der Waals surface area contributed by atoms with Crippen LogP contribution in [0.15, 0.2) is 24.5 Å². The van der Waals surface area contributed by atoms with Crippen molar-refractivity contribution >= 4 is 11.6 Å². The summed E-state index contributed by atoms with van der Waals surface area (Å²) in [5.41, 5.74) is 3.28. The number of hydrogen-bond donors (Lipinski definition) is 2. The Morgan fingerprint density at radius 2 is 2.19 bits per heavy atom. The summed E-state index contributed by atoms with van der Waals surface area (Å²) in [7, 11) is 0. The summed E-state index contributed by atoms with van der Waals surface area (Å²) in [5.74, 6) is 6.38. The first-order valence-corrected chi connectivity index (χ1v) is 7.17. The number of nitrogens with zero attached hydrogens (tertiary/aromatic N) is 3. The molecule has 5 nitrogen and oxygen atoms in total. The van der Waals surface area contributed by atoms with Gasteiger partial charge in [0.15, 0.2) is 0 Å². The average molecular weight is 312 g/mol. The first kappa shape index (κ1) is 15.9. The molecule has 0 aliphatic rings. The monoisotopic (exact) mass is 311 g/mol. The van der Waals surface area contributed by atoms with Gasteiger partial charge in [-0.05, 0) is 17.5 Å². The largest absolute Gasteiger partial charge is 0.271 e. The van der Waals surface area contributed by atoms with Gasteiger partial charge in [-0.1, -0.05) is 37.6 Å². The van der Waals surface area contributed by atoms with E-state index in [-0.39, 0.29) is 11.1 Å². The Balaban J connectivity index is 2.24. The number of hydrazine groups is 1. The lowest BCUT2D eigenvalue weighted by molar-refractivity contribution is 0.446. The van der Waals surface area contributed by atoms with Crippen LogP contribution in [0.3, 0.4) is 0 Å². The highest BCUT2D eigenvalue weighted by molar-refractivity contribution is 6.31. The van der Waals surface area contributed by atoms with E-state index in [2.05, 4.69) is 29.4 Å². The SMILES string of the molecule is CC(C)Cn1ncnc1CC(NN)c1cccc(F)c1Cl. The molecule has 21 heavy (non-hydrogen) atoms. The summed E-state index contributed by atoms with van der Waals surface area (Å²) in [5, 5.41) is 4.29. The summed E-state index contributed by atoms with van der Waals surface area (Å²) in [6.07, 6.45) is 1.99. The molecule has 7 heteroatoms. The molecular formula is C14H19ClFN5. The minimum absolute atomic E-state index is 0.0791. The first-order valence-electron chi connectivity index (χ1n) is 6.79. The Morgan fingerprint density at radius 3 is 2.86 bits per heavy atom. The molecule has 1 unspecified atom stereocenters. The molecule has 0 spiro atoms. The van der Waals surface area contributed by atoms with Crippen molar-refractivity contribution in [1.82, 2.24) is 20.2 Å². The van der Waals surface area contributed by atoms with Crippen molar-refractivity contribution in [2.45, 2.75) is 32.9 Å². The molecule has 2 aromatic rings. The fraction of sp³-hybridized carbons (Fsp3) is 0.429. The molecule has 1 heterocycles. The van der Waals surface area contributed by atoms with Crippen molar-refractivity contribution < 1.29 is 4.39 Å². The molecule has 3 N–H and O–H groups in total. The summed E-state index contributed by atoms with van der Waals surface area (Å²) < 4.78 is 15.4. The zero-order valence-electron chi connectivity index (χ0n) is 12.1. The van der Waals surface area contributed by atoms with E-state index in [4.69, 9.17) is 17.4 Å². The molecule has 0 saturated heterocycles. The predicted octanol–water partition coefficient (Wildman–Crippen LogP) is 2.47. The highest BCUT2D eigenvalue weighted by Crippen LogP contribution is 2.27. The van der Waals surface area contributed by atoms with Gasteiger partial charge in [-0.3, -0.25) is 11.3 Å². The third-order valence-corrected chi connectivity index (χ3v) is 3.58.